The highest BCUT2D eigenvalue weighted by Gasteiger charge is 2.16. The molecule has 0 heterocycles. The van der Waals surface area contributed by atoms with Crippen LogP contribution in [-0.2, 0) is 11.3 Å². The number of carbonyl (C=O) groups is 1. The van der Waals surface area contributed by atoms with Crippen molar-refractivity contribution in [3.8, 4) is 16.9 Å². The van der Waals surface area contributed by atoms with Crippen molar-refractivity contribution in [2.24, 2.45) is 0 Å². The van der Waals surface area contributed by atoms with Crippen LogP contribution in [0.15, 0.2) is 42.5 Å². The number of nitrogens with two attached hydrogens (primary N) is 1. The molecule has 2 rings (SSSR count). The molecule has 3 N–H and O–H groups in total. The molecule has 134 valence electrons. The van der Waals surface area contributed by atoms with Crippen molar-refractivity contribution in [3.05, 3.63) is 48.0 Å². The van der Waals surface area contributed by atoms with E-state index in [1.807, 2.05) is 70.2 Å². The molecule has 2 aromatic carbocycles. The highest BCUT2D eigenvalue weighted by atomic mass is 16.6. The predicted octanol–water partition coefficient (Wildman–Crippen LogP) is 4.36. The first kappa shape index (κ1) is 18.6. The van der Waals surface area contributed by atoms with Gasteiger partial charge in [-0.05, 0) is 45.4 Å². The quantitative estimate of drug-likeness (QED) is 0.792. The Morgan fingerprint density at radius 2 is 1.84 bits per heavy atom. The minimum Gasteiger partial charge on any atom is -0.493 e. The molecule has 0 bridgehead atoms. The van der Waals surface area contributed by atoms with E-state index in [0.29, 0.717) is 18.8 Å². The van der Waals surface area contributed by atoms with E-state index >= 15 is 0 Å². The lowest BCUT2D eigenvalue weighted by Gasteiger charge is -2.19. The highest BCUT2D eigenvalue weighted by Crippen LogP contribution is 2.34. The number of amides is 1. The van der Waals surface area contributed by atoms with Gasteiger partial charge in [-0.1, -0.05) is 30.3 Å². The van der Waals surface area contributed by atoms with Gasteiger partial charge in [0.2, 0.25) is 0 Å². The van der Waals surface area contributed by atoms with Gasteiger partial charge in [0, 0.05) is 23.4 Å². The van der Waals surface area contributed by atoms with E-state index in [1.165, 1.54) is 0 Å². The van der Waals surface area contributed by atoms with E-state index in [-0.39, 0.29) is 0 Å². The number of ether oxygens (including phenoxy) is 2. The van der Waals surface area contributed by atoms with Crippen molar-refractivity contribution < 1.29 is 14.3 Å². The molecule has 0 saturated heterocycles. The molecule has 0 unspecified atom stereocenters. The number of carbonyl (C=O) groups excluding carboxylic acids is 1. The molecule has 5 heteroatoms. The van der Waals surface area contributed by atoms with Crippen LogP contribution in [0.25, 0.3) is 11.1 Å². The zero-order chi connectivity index (χ0) is 18.4. The molecule has 0 aliphatic carbocycles. The third kappa shape index (κ3) is 5.41. The largest absolute Gasteiger partial charge is 0.493 e. The van der Waals surface area contributed by atoms with Crippen LogP contribution in [0.2, 0.25) is 0 Å². The molecule has 5 nitrogen and oxygen atoms in total. The number of hydrogen-bond donors (Lipinski definition) is 2. The van der Waals surface area contributed by atoms with Crippen molar-refractivity contribution in [1.29, 1.82) is 0 Å². The average Bonchev–Trinajstić information content (AvgIpc) is 2.53. The number of nitrogens with one attached hydrogen (secondary N) is 1. The summed E-state index contributed by atoms with van der Waals surface area (Å²) in [4.78, 5) is 11.7. The van der Waals surface area contributed by atoms with E-state index in [2.05, 4.69) is 5.32 Å². The molecular weight excluding hydrogens is 316 g/mol. The van der Waals surface area contributed by atoms with E-state index in [1.54, 1.807) is 0 Å². The normalized spacial score (nSPS) is 11.0. The summed E-state index contributed by atoms with van der Waals surface area (Å²) in [6.45, 7) is 8.38. The van der Waals surface area contributed by atoms with Gasteiger partial charge in [-0.15, -0.1) is 0 Å². The van der Waals surface area contributed by atoms with Crippen LogP contribution < -0.4 is 15.8 Å². The Bertz CT molecular complexity index is 736. The summed E-state index contributed by atoms with van der Waals surface area (Å²) in [5, 5.41) is 2.73. The maximum atomic E-state index is 11.7. The number of anilines is 1. The summed E-state index contributed by atoms with van der Waals surface area (Å²) >= 11 is 0. The number of rotatable bonds is 5. The standard InChI is InChI=1S/C20H26N2O3/c1-5-24-18-9-7-6-8-16(18)15-11-10-14(12-17(15)21)13-22-19(23)25-20(2,3)4/h6-12H,5,13,21H2,1-4H3,(H,22,23). The SMILES string of the molecule is CCOc1ccccc1-c1ccc(CNC(=O)OC(C)(C)C)cc1N. The second-order valence-corrected chi connectivity index (χ2v) is 6.71. The first-order chi connectivity index (χ1) is 11.8. The van der Waals surface area contributed by atoms with E-state index in [0.717, 1.165) is 22.4 Å². The van der Waals surface area contributed by atoms with Crippen molar-refractivity contribution in [1.82, 2.24) is 5.32 Å². The van der Waals surface area contributed by atoms with Crippen molar-refractivity contribution >= 4 is 11.8 Å². The van der Waals surface area contributed by atoms with Crippen LogP contribution in [0.1, 0.15) is 33.3 Å². The Morgan fingerprint density at radius 1 is 1.12 bits per heavy atom. The third-order valence-corrected chi connectivity index (χ3v) is 3.43. The fourth-order valence-corrected chi connectivity index (χ4v) is 2.43. The number of alkyl carbamates (subject to hydrolysis) is 1. The van der Waals surface area contributed by atoms with Crippen molar-refractivity contribution in [2.45, 2.75) is 39.8 Å². The van der Waals surface area contributed by atoms with Crippen LogP contribution in [-0.4, -0.2) is 18.3 Å². The van der Waals surface area contributed by atoms with Crippen molar-refractivity contribution in [2.75, 3.05) is 12.3 Å². The van der Waals surface area contributed by atoms with Crippen LogP contribution in [0.3, 0.4) is 0 Å². The predicted molar refractivity (Wildman–Crippen MR) is 101 cm³/mol. The minimum absolute atomic E-state index is 0.354. The summed E-state index contributed by atoms with van der Waals surface area (Å²) in [6.07, 6.45) is -0.447. The van der Waals surface area contributed by atoms with Gasteiger partial charge in [-0.2, -0.15) is 0 Å². The topological polar surface area (TPSA) is 73.6 Å². The molecule has 2 aromatic rings. The second-order valence-electron chi connectivity index (χ2n) is 6.71. The van der Waals surface area contributed by atoms with Gasteiger partial charge in [0.1, 0.15) is 11.4 Å². The zero-order valence-electron chi connectivity index (χ0n) is 15.3. The smallest absolute Gasteiger partial charge is 0.407 e. The first-order valence-corrected chi connectivity index (χ1v) is 8.37. The van der Waals surface area contributed by atoms with Gasteiger partial charge in [0.15, 0.2) is 0 Å². The Balaban J connectivity index is 2.12. The maximum absolute atomic E-state index is 11.7. The Labute approximate surface area is 149 Å². The lowest BCUT2D eigenvalue weighted by atomic mass is 10.0. The molecule has 0 fully saturated rings. The summed E-state index contributed by atoms with van der Waals surface area (Å²) in [6, 6.07) is 13.5. The lowest BCUT2D eigenvalue weighted by Crippen LogP contribution is -2.32. The molecule has 0 radical (unpaired) electrons. The molecule has 25 heavy (non-hydrogen) atoms. The van der Waals surface area contributed by atoms with Crippen molar-refractivity contribution in [3.63, 3.8) is 0 Å². The molecule has 0 aliphatic rings. The average molecular weight is 342 g/mol. The number of hydrogen-bond acceptors (Lipinski definition) is 4. The van der Waals surface area contributed by atoms with Gasteiger partial charge < -0.3 is 20.5 Å². The summed E-state index contributed by atoms with van der Waals surface area (Å²) < 4.78 is 10.9. The molecule has 0 saturated carbocycles. The van der Waals surface area contributed by atoms with Gasteiger partial charge in [-0.3, -0.25) is 0 Å². The Hall–Kier alpha value is -2.69. The monoisotopic (exact) mass is 342 g/mol. The van der Waals surface area contributed by atoms with Gasteiger partial charge in [-0.25, -0.2) is 4.79 Å². The Morgan fingerprint density at radius 3 is 2.48 bits per heavy atom. The number of nitrogen functional groups attached to an aromatic ring is 1. The second kappa shape index (κ2) is 7.92. The van der Waals surface area contributed by atoms with Crippen LogP contribution in [0.4, 0.5) is 10.5 Å². The number of para-hydroxylation sites is 1. The van der Waals surface area contributed by atoms with Gasteiger partial charge in [0.05, 0.1) is 6.61 Å². The van der Waals surface area contributed by atoms with Crippen LogP contribution in [0, 0.1) is 0 Å². The molecule has 0 atom stereocenters. The molecular formula is C20H26N2O3. The minimum atomic E-state index is -0.518. The van der Waals surface area contributed by atoms with Crippen LogP contribution in [0.5, 0.6) is 5.75 Å². The maximum Gasteiger partial charge on any atom is 0.407 e. The molecule has 0 spiro atoms. The first-order valence-electron chi connectivity index (χ1n) is 8.37. The lowest BCUT2D eigenvalue weighted by molar-refractivity contribution is 0.0523. The van der Waals surface area contributed by atoms with E-state index in [9.17, 15) is 4.79 Å². The fraction of sp³-hybridized carbons (Fsp3) is 0.350. The van der Waals surface area contributed by atoms with Gasteiger partial charge in [0.25, 0.3) is 0 Å². The molecule has 1 amide bonds. The Kier molecular flexibility index (Phi) is 5.91. The van der Waals surface area contributed by atoms with Gasteiger partial charge >= 0.3 is 6.09 Å². The van der Waals surface area contributed by atoms with E-state index in [4.69, 9.17) is 15.2 Å². The van der Waals surface area contributed by atoms with Crippen LogP contribution >= 0.6 is 0 Å². The van der Waals surface area contributed by atoms with E-state index < -0.39 is 11.7 Å². The third-order valence-electron chi connectivity index (χ3n) is 3.43. The summed E-state index contributed by atoms with van der Waals surface area (Å²) in [5.41, 5.74) is 9.11. The number of benzene rings is 2. The molecule has 0 aliphatic heterocycles. The highest BCUT2D eigenvalue weighted by molar-refractivity contribution is 5.81. The zero-order valence-corrected chi connectivity index (χ0v) is 15.3. The summed E-state index contributed by atoms with van der Waals surface area (Å²) in [5.74, 6) is 0.802. The fourth-order valence-electron chi connectivity index (χ4n) is 2.43. The summed E-state index contributed by atoms with van der Waals surface area (Å²) in [7, 11) is 0. The molecule has 0 aromatic heterocycles.